The number of hydrogen-bond donors (Lipinski definition) is 2. The number of aliphatic imine (C=N–C) groups is 1. The summed E-state index contributed by atoms with van der Waals surface area (Å²) in [4.78, 5) is 23.1. The molecule has 1 fully saturated rings. The van der Waals surface area contributed by atoms with Gasteiger partial charge in [-0.25, -0.2) is 0 Å². The van der Waals surface area contributed by atoms with Crippen LogP contribution in [0.5, 0.6) is 0 Å². The summed E-state index contributed by atoms with van der Waals surface area (Å²) in [6, 6.07) is 7.51. The lowest BCUT2D eigenvalue weighted by atomic mass is 10.2. The van der Waals surface area contributed by atoms with Gasteiger partial charge in [0.2, 0.25) is 17.6 Å². The van der Waals surface area contributed by atoms with Gasteiger partial charge in [0, 0.05) is 48.6 Å². The van der Waals surface area contributed by atoms with Gasteiger partial charge in [-0.3, -0.25) is 9.79 Å². The Labute approximate surface area is 182 Å². The highest BCUT2D eigenvalue weighted by molar-refractivity contribution is 6.30. The zero-order valence-corrected chi connectivity index (χ0v) is 18.4. The van der Waals surface area contributed by atoms with E-state index in [1.165, 1.54) is 0 Å². The average Bonchev–Trinajstić information content (AvgIpc) is 3.38. The van der Waals surface area contributed by atoms with Crippen LogP contribution in [-0.4, -0.2) is 59.1 Å². The van der Waals surface area contributed by atoms with E-state index in [2.05, 4.69) is 25.8 Å². The molecule has 0 spiro atoms. The molecule has 1 aromatic carbocycles. The molecule has 0 saturated carbocycles. The molecule has 1 amide bonds. The highest BCUT2D eigenvalue weighted by Gasteiger charge is 2.27. The number of likely N-dealkylation sites (tertiary alicyclic amines) is 1. The minimum absolute atomic E-state index is 0.0258. The van der Waals surface area contributed by atoms with Gasteiger partial charge in [-0.1, -0.05) is 30.6 Å². The maximum atomic E-state index is 12.2. The monoisotopic (exact) mass is 432 g/mol. The Kier molecular flexibility index (Phi) is 7.68. The molecule has 1 aliphatic rings. The van der Waals surface area contributed by atoms with Gasteiger partial charge in [-0.2, -0.15) is 4.98 Å². The number of nitrogens with one attached hydrogen (secondary N) is 2. The van der Waals surface area contributed by atoms with E-state index < -0.39 is 0 Å². The van der Waals surface area contributed by atoms with Gasteiger partial charge in [0.05, 0.1) is 6.54 Å². The van der Waals surface area contributed by atoms with Crippen LogP contribution < -0.4 is 10.6 Å². The van der Waals surface area contributed by atoms with Crippen molar-refractivity contribution in [3.8, 4) is 11.4 Å². The van der Waals surface area contributed by atoms with Crippen molar-refractivity contribution in [1.29, 1.82) is 0 Å². The number of carbonyl (C=O) groups is 1. The zero-order valence-electron chi connectivity index (χ0n) is 17.7. The Hall–Kier alpha value is -2.61. The van der Waals surface area contributed by atoms with E-state index in [0.29, 0.717) is 36.2 Å². The summed E-state index contributed by atoms with van der Waals surface area (Å²) in [5.41, 5.74) is 0.856. The molecule has 1 atom stereocenters. The molecule has 3 rings (SSSR count). The number of amides is 1. The van der Waals surface area contributed by atoms with E-state index in [-0.39, 0.29) is 17.9 Å². The van der Waals surface area contributed by atoms with Gasteiger partial charge in [-0.15, -0.1) is 0 Å². The minimum atomic E-state index is 0.0258. The number of aromatic nitrogens is 2. The molecule has 30 heavy (non-hydrogen) atoms. The lowest BCUT2D eigenvalue weighted by Gasteiger charge is -2.20. The first-order valence-electron chi connectivity index (χ1n) is 10.4. The van der Waals surface area contributed by atoms with Gasteiger partial charge in [0.25, 0.3) is 0 Å². The Morgan fingerprint density at radius 1 is 1.37 bits per heavy atom. The third-order valence-corrected chi connectivity index (χ3v) is 5.10. The van der Waals surface area contributed by atoms with Crippen molar-refractivity contribution in [2.45, 2.75) is 39.7 Å². The van der Waals surface area contributed by atoms with Crippen LogP contribution in [0.15, 0.2) is 33.8 Å². The summed E-state index contributed by atoms with van der Waals surface area (Å²) in [5, 5.41) is 11.4. The van der Waals surface area contributed by atoms with Crippen LogP contribution >= 0.6 is 11.6 Å². The first-order valence-corrected chi connectivity index (χ1v) is 10.8. The molecule has 1 aliphatic heterocycles. The molecule has 9 heteroatoms. The predicted octanol–water partition coefficient (Wildman–Crippen LogP) is 2.74. The largest absolute Gasteiger partial charge is 0.357 e. The first kappa shape index (κ1) is 22.1. The van der Waals surface area contributed by atoms with Crippen molar-refractivity contribution in [2.75, 3.05) is 26.2 Å². The van der Waals surface area contributed by atoms with Gasteiger partial charge >= 0.3 is 0 Å². The van der Waals surface area contributed by atoms with E-state index >= 15 is 0 Å². The van der Waals surface area contributed by atoms with Crippen molar-refractivity contribution in [3.63, 3.8) is 0 Å². The molecule has 1 saturated heterocycles. The second-order valence-electron chi connectivity index (χ2n) is 7.60. The zero-order chi connectivity index (χ0) is 21.5. The van der Waals surface area contributed by atoms with E-state index in [9.17, 15) is 4.79 Å². The molecule has 0 bridgehead atoms. The van der Waals surface area contributed by atoms with E-state index in [1.54, 1.807) is 12.1 Å². The van der Waals surface area contributed by atoms with Crippen LogP contribution in [0.4, 0.5) is 0 Å². The first-order chi connectivity index (χ1) is 14.5. The van der Waals surface area contributed by atoms with Gasteiger partial charge in [0.1, 0.15) is 0 Å². The maximum absolute atomic E-state index is 12.2. The van der Waals surface area contributed by atoms with Crippen molar-refractivity contribution >= 4 is 23.5 Å². The number of hydrogen-bond acceptors (Lipinski definition) is 5. The second kappa shape index (κ2) is 10.4. The van der Waals surface area contributed by atoms with Gasteiger partial charge in [0.15, 0.2) is 5.96 Å². The predicted molar refractivity (Wildman–Crippen MR) is 117 cm³/mol. The SMILES string of the molecule is CCNC(=NCCc1nc(-c2ccc(Cl)cc2)no1)NC1CCN(C(=O)C(C)C)C1. The number of nitrogens with zero attached hydrogens (tertiary/aromatic N) is 4. The Morgan fingerprint density at radius 2 is 2.13 bits per heavy atom. The highest BCUT2D eigenvalue weighted by atomic mass is 35.5. The Bertz CT molecular complexity index is 865. The topological polar surface area (TPSA) is 95.7 Å². The van der Waals surface area contributed by atoms with Crippen LogP contribution in [0.2, 0.25) is 5.02 Å². The lowest BCUT2D eigenvalue weighted by Crippen LogP contribution is -2.45. The number of rotatable bonds is 7. The summed E-state index contributed by atoms with van der Waals surface area (Å²) < 4.78 is 5.34. The van der Waals surface area contributed by atoms with E-state index in [4.69, 9.17) is 16.1 Å². The quantitative estimate of drug-likeness (QED) is 0.516. The average molecular weight is 433 g/mol. The van der Waals surface area contributed by atoms with Gasteiger partial charge < -0.3 is 20.1 Å². The number of guanidine groups is 1. The maximum Gasteiger partial charge on any atom is 0.228 e. The van der Waals surface area contributed by atoms with Crippen LogP contribution in [0, 0.1) is 5.92 Å². The summed E-state index contributed by atoms with van der Waals surface area (Å²) in [7, 11) is 0. The molecule has 0 radical (unpaired) electrons. The Balaban J connectivity index is 1.53. The van der Waals surface area contributed by atoms with Crippen molar-refractivity contribution < 1.29 is 9.32 Å². The molecule has 1 aromatic heterocycles. The van der Waals surface area contributed by atoms with Crippen molar-refractivity contribution in [2.24, 2.45) is 10.9 Å². The fraction of sp³-hybridized carbons (Fsp3) is 0.524. The number of carbonyl (C=O) groups excluding carboxylic acids is 1. The third kappa shape index (κ3) is 5.95. The van der Waals surface area contributed by atoms with Crippen LogP contribution in [0.3, 0.4) is 0 Å². The highest BCUT2D eigenvalue weighted by Crippen LogP contribution is 2.18. The molecular formula is C21H29ClN6O2. The van der Waals surface area contributed by atoms with Crippen LogP contribution in [0.1, 0.15) is 33.1 Å². The van der Waals surface area contributed by atoms with Crippen molar-refractivity contribution in [1.82, 2.24) is 25.7 Å². The summed E-state index contributed by atoms with van der Waals surface area (Å²) in [5.74, 6) is 2.04. The standard InChI is InChI=1S/C21H29ClN6O2/c1-4-23-21(25-17-10-12-28(13-17)20(29)14(2)3)24-11-9-18-26-19(27-30-18)15-5-7-16(22)8-6-15/h5-8,14,17H,4,9-13H2,1-3H3,(H2,23,24,25). The summed E-state index contributed by atoms with van der Waals surface area (Å²) in [6.45, 7) is 8.65. The molecule has 2 heterocycles. The van der Waals surface area contributed by atoms with Crippen molar-refractivity contribution in [3.05, 3.63) is 35.2 Å². The molecular weight excluding hydrogens is 404 g/mol. The number of halogens is 1. The molecule has 0 aliphatic carbocycles. The molecule has 2 N–H and O–H groups in total. The van der Waals surface area contributed by atoms with Crippen LogP contribution in [0.25, 0.3) is 11.4 Å². The fourth-order valence-electron chi connectivity index (χ4n) is 3.29. The normalized spacial score (nSPS) is 16.9. The lowest BCUT2D eigenvalue weighted by molar-refractivity contribution is -0.133. The molecule has 1 unspecified atom stereocenters. The fourth-order valence-corrected chi connectivity index (χ4v) is 3.42. The Morgan fingerprint density at radius 3 is 2.83 bits per heavy atom. The van der Waals surface area contributed by atoms with E-state index in [0.717, 1.165) is 31.0 Å². The summed E-state index contributed by atoms with van der Waals surface area (Å²) >= 11 is 5.92. The van der Waals surface area contributed by atoms with E-state index in [1.807, 2.05) is 37.8 Å². The summed E-state index contributed by atoms with van der Waals surface area (Å²) in [6.07, 6.45) is 1.46. The molecule has 8 nitrogen and oxygen atoms in total. The third-order valence-electron chi connectivity index (χ3n) is 4.84. The van der Waals surface area contributed by atoms with Crippen LogP contribution in [-0.2, 0) is 11.2 Å². The molecule has 2 aromatic rings. The smallest absolute Gasteiger partial charge is 0.228 e. The minimum Gasteiger partial charge on any atom is -0.357 e. The molecule has 162 valence electrons. The second-order valence-corrected chi connectivity index (χ2v) is 8.03. The number of benzene rings is 1. The van der Waals surface area contributed by atoms with Gasteiger partial charge in [-0.05, 0) is 37.6 Å².